The maximum Gasteiger partial charge on any atom is 0.250 e. The van der Waals surface area contributed by atoms with Crippen molar-refractivity contribution in [3.8, 4) is 5.75 Å². The van der Waals surface area contributed by atoms with E-state index in [1.165, 1.54) is 11.8 Å². The van der Waals surface area contributed by atoms with Crippen LogP contribution in [-0.4, -0.2) is 34.5 Å². The molecule has 0 aliphatic heterocycles. The Morgan fingerprint density at radius 2 is 2.24 bits per heavy atom. The first-order valence-electron chi connectivity index (χ1n) is 6.25. The zero-order valence-corrected chi connectivity index (χ0v) is 12.6. The number of nitrogens with one attached hydrogen (secondary N) is 1. The number of benzene rings is 1. The fourth-order valence-corrected chi connectivity index (χ4v) is 2.25. The molecule has 0 atom stereocenters. The Morgan fingerprint density at radius 3 is 2.86 bits per heavy atom. The van der Waals surface area contributed by atoms with Crippen molar-refractivity contribution in [1.82, 2.24) is 15.0 Å². The third-order valence-corrected chi connectivity index (χ3v) is 3.69. The molecule has 2 aromatic rings. The Bertz CT molecular complexity index is 622. The van der Waals surface area contributed by atoms with Crippen molar-refractivity contribution >= 4 is 23.9 Å². The first kappa shape index (κ1) is 15.1. The molecule has 6 nitrogen and oxygen atoms in total. The molecule has 0 saturated carbocycles. The van der Waals surface area contributed by atoms with Gasteiger partial charge in [-0.15, -0.1) is 0 Å². The molecule has 110 valence electrons. The monoisotopic (exact) mass is 304 g/mol. The molecule has 7 heteroatoms. The molecule has 1 aromatic heterocycles. The second-order valence-corrected chi connectivity index (χ2v) is 5.12. The Kier molecular flexibility index (Phi) is 5.39. The van der Waals surface area contributed by atoms with Gasteiger partial charge in [0.1, 0.15) is 5.75 Å². The Balaban J connectivity index is 1.77. The molecule has 0 aliphatic rings. The molecule has 0 bridgehead atoms. The van der Waals surface area contributed by atoms with E-state index >= 15 is 0 Å². The summed E-state index contributed by atoms with van der Waals surface area (Å²) >= 11 is 1.36. The quantitative estimate of drug-likeness (QED) is 0.501. The van der Waals surface area contributed by atoms with Gasteiger partial charge in [-0.3, -0.25) is 4.79 Å². The van der Waals surface area contributed by atoms with E-state index in [9.17, 15) is 4.79 Å². The Labute approximate surface area is 127 Å². The van der Waals surface area contributed by atoms with Gasteiger partial charge in [0.15, 0.2) is 5.16 Å². The van der Waals surface area contributed by atoms with Gasteiger partial charge in [0.05, 0.1) is 19.1 Å². The summed E-state index contributed by atoms with van der Waals surface area (Å²) in [6, 6.07) is 7.38. The van der Waals surface area contributed by atoms with Crippen LogP contribution >= 0.6 is 11.8 Å². The zero-order chi connectivity index (χ0) is 15.1. The van der Waals surface area contributed by atoms with Gasteiger partial charge < -0.3 is 9.30 Å². The molecule has 0 spiro atoms. The SMILES string of the molecule is COc1ccc(/C=N\NC(=O)CSc2nccn2C)cc1. The van der Waals surface area contributed by atoms with Crippen LogP contribution in [0.4, 0.5) is 0 Å². The number of nitrogens with zero attached hydrogens (tertiary/aromatic N) is 3. The average Bonchev–Trinajstić information content (AvgIpc) is 2.91. The highest BCUT2D eigenvalue weighted by atomic mass is 32.2. The largest absolute Gasteiger partial charge is 0.497 e. The fraction of sp³-hybridized carbons (Fsp3) is 0.214. The number of methoxy groups -OCH3 is 1. The van der Waals surface area contributed by atoms with E-state index in [0.29, 0.717) is 0 Å². The number of hydrazone groups is 1. The maximum absolute atomic E-state index is 11.6. The van der Waals surface area contributed by atoms with Gasteiger partial charge in [0.25, 0.3) is 5.91 Å². The van der Waals surface area contributed by atoms with Gasteiger partial charge in [-0.1, -0.05) is 11.8 Å². The first-order chi connectivity index (χ1) is 10.2. The van der Waals surface area contributed by atoms with Crippen molar-refractivity contribution in [2.45, 2.75) is 5.16 Å². The minimum absolute atomic E-state index is 0.173. The summed E-state index contributed by atoms with van der Waals surface area (Å²) in [5.74, 6) is 0.876. The smallest absolute Gasteiger partial charge is 0.250 e. The Hall–Kier alpha value is -2.28. The van der Waals surface area contributed by atoms with Crippen molar-refractivity contribution in [2.75, 3.05) is 12.9 Å². The molecule has 2 rings (SSSR count). The number of carbonyl (C=O) groups is 1. The zero-order valence-electron chi connectivity index (χ0n) is 11.8. The maximum atomic E-state index is 11.6. The van der Waals surface area contributed by atoms with E-state index in [1.807, 2.05) is 42.1 Å². The van der Waals surface area contributed by atoms with Crippen LogP contribution in [0.3, 0.4) is 0 Å². The summed E-state index contributed by atoms with van der Waals surface area (Å²) in [4.78, 5) is 15.8. The summed E-state index contributed by atoms with van der Waals surface area (Å²) in [7, 11) is 3.50. The molecule has 0 unspecified atom stereocenters. The number of ether oxygens (including phenoxy) is 1. The highest BCUT2D eigenvalue weighted by Gasteiger charge is 2.04. The summed E-state index contributed by atoms with van der Waals surface area (Å²) in [5, 5.41) is 4.71. The fourth-order valence-electron chi connectivity index (χ4n) is 1.52. The number of hydrogen-bond donors (Lipinski definition) is 1. The van der Waals surface area contributed by atoms with E-state index in [-0.39, 0.29) is 11.7 Å². The van der Waals surface area contributed by atoms with Crippen LogP contribution in [0.15, 0.2) is 46.9 Å². The number of thioether (sulfide) groups is 1. The molecule has 0 radical (unpaired) electrons. The molecule has 1 N–H and O–H groups in total. The van der Waals surface area contributed by atoms with E-state index < -0.39 is 0 Å². The second kappa shape index (κ2) is 7.49. The molecule has 0 saturated heterocycles. The number of imidazole rings is 1. The van der Waals surface area contributed by atoms with Gasteiger partial charge in [-0.2, -0.15) is 5.10 Å². The minimum Gasteiger partial charge on any atom is -0.497 e. The number of carbonyl (C=O) groups excluding carboxylic acids is 1. The van der Waals surface area contributed by atoms with Gasteiger partial charge in [-0.05, 0) is 29.8 Å². The summed E-state index contributed by atoms with van der Waals surface area (Å²) in [5.41, 5.74) is 3.37. The summed E-state index contributed by atoms with van der Waals surface area (Å²) < 4.78 is 6.92. The highest BCUT2D eigenvalue weighted by molar-refractivity contribution is 7.99. The molecule has 0 aliphatic carbocycles. The minimum atomic E-state index is -0.173. The standard InChI is InChI=1S/C14H16N4O2S/c1-18-8-7-15-14(18)21-10-13(19)17-16-9-11-3-5-12(20-2)6-4-11/h3-9H,10H2,1-2H3,(H,17,19)/b16-9-. The molecule has 0 fully saturated rings. The molecular weight excluding hydrogens is 288 g/mol. The number of amides is 1. The van der Waals surface area contributed by atoms with E-state index in [4.69, 9.17) is 4.74 Å². The summed E-state index contributed by atoms with van der Waals surface area (Å²) in [6.07, 6.45) is 5.12. The van der Waals surface area contributed by atoms with Crippen molar-refractivity contribution in [3.63, 3.8) is 0 Å². The lowest BCUT2D eigenvalue weighted by atomic mass is 10.2. The molecular formula is C14H16N4O2S. The summed E-state index contributed by atoms with van der Waals surface area (Å²) in [6.45, 7) is 0. The van der Waals surface area contributed by atoms with Crippen molar-refractivity contribution in [3.05, 3.63) is 42.2 Å². The van der Waals surface area contributed by atoms with Gasteiger partial charge >= 0.3 is 0 Å². The molecule has 1 aromatic carbocycles. The normalized spacial score (nSPS) is 10.8. The van der Waals surface area contributed by atoms with Crippen LogP contribution < -0.4 is 10.2 Å². The predicted molar refractivity (Wildman–Crippen MR) is 82.7 cm³/mol. The van der Waals surface area contributed by atoms with Crippen molar-refractivity contribution in [2.24, 2.45) is 12.1 Å². The molecule has 1 heterocycles. The van der Waals surface area contributed by atoms with Gasteiger partial charge in [-0.25, -0.2) is 10.4 Å². The van der Waals surface area contributed by atoms with Crippen molar-refractivity contribution in [1.29, 1.82) is 0 Å². The van der Waals surface area contributed by atoms with Gasteiger partial charge in [0, 0.05) is 19.4 Å². The van der Waals surface area contributed by atoms with E-state index in [2.05, 4.69) is 15.5 Å². The number of rotatable bonds is 6. The van der Waals surface area contributed by atoms with Crippen LogP contribution in [0, 0.1) is 0 Å². The Morgan fingerprint density at radius 1 is 1.48 bits per heavy atom. The lowest BCUT2D eigenvalue weighted by Gasteiger charge is -2.01. The number of aromatic nitrogens is 2. The number of hydrogen-bond acceptors (Lipinski definition) is 5. The first-order valence-corrected chi connectivity index (χ1v) is 7.23. The van der Waals surface area contributed by atoms with Gasteiger partial charge in [0.2, 0.25) is 0 Å². The second-order valence-electron chi connectivity index (χ2n) is 4.18. The predicted octanol–water partition coefficient (Wildman–Crippen LogP) is 1.67. The third-order valence-electron chi connectivity index (χ3n) is 2.63. The highest BCUT2D eigenvalue weighted by Crippen LogP contribution is 2.13. The lowest BCUT2D eigenvalue weighted by molar-refractivity contribution is -0.118. The van der Waals surface area contributed by atoms with Crippen LogP contribution in [0.1, 0.15) is 5.56 Å². The van der Waals surface area contributed by atoms with Crippen LogP contribution in [0.5, 0.6) is 5.75 Å². The number of aryl methyl sites for hydroxylation is 1. The third kappa shape index (κ3) is 4.64. The van der Waals surface area contributed by atoms with Crippen LogP contribution in [0.2, 0.25) is 0 Å². The van der Waals surface area contributed by atoms with Crippen molar-refractivity contribution < 1.29 is 9.53 Å². The molecule has 21 heavy (non-hydrogen) atoms. The topological polar surface area (TPSA) is 68.5 Å². The van der Waals surface area contributed by atoms with E-state index in [1.54, 1.807) is 19.5 Å². The van der Waals surface area contributed by atoms with Crippen LogP contribution in [0.25, 0.3) is 0 Å². The lowest BCUT2D eigenvalue weighted by Crippen LogP contribution is -2.19. The van der Waals surface area contributed by atoms with Crippen LogP contribution in [-0.2, 0) is 11.8 Å². The molecule has 1 amide bonds. The van der Waals surface area contributed by atoms with E-state index in [0.717, 1.165) is 16.5 Å². The average molecular weight is 304 g/mol.